The lowest BCUT2D eigenvalue weighted by Crippen LogP contribution is -2.34. The third-order valence-electron chi connectivity index (χ3n) is 2.90. The molecule has 0 bridgehead atoms. The van der Waals surface area contributed by atoms with Crippen molar-refractivity contribution in [1.82, 2.24) is 9.62 Å². The van der Waals surface area contributed by atoms with E-state index >= 15 is 0 Å². The minimum atomic E-state index is -3.58. The number of nitrogens with zero attached hydrogens (tertiary/aromatic N) is 1. The van der Waals surface area contributed by atoms with Crippen LogP contribution in [0.5, 0.6) is 5.75 Å². The number of hydrogen-bond acceptors (Lipinski definition) is 4. The highest BCUT2D eigenvalue weighted by molar-refractivity contribution is 9.10. The lowest BCUT2D eigenvalue weighted by molar-refractivity contribution is 0.415. The van der Waals surface area contributed by atoms with Gasteiger partial charge in [-0.2, -0.15) is 12.7 Å². The third-order valence-corrected chi connectivity index (χ3v) is 5.07. The zero-order valence-electron chi connectivity index (χ0n) is 12.5. The van der Waals surface area contributed by atoms with Crippen LogP contribution in [0.1, 0.15) is 13.3 Å². The van der Waals surface area contributed by atoms with Gasteiger partial charge in [-0.25, -0.2) is 0 Å². The highest BCUT2D eigenvalue weighted by Crippen LogP contribution is 2.28. The van der Waals surface area contributed by atoms with E-state index in [9.17, 15) is 8.42 Å². The molecule has 2 N–H and O–H groups in total. The monoisotopic (exact) mass is 379 g/mol. The summed E-state index contributed by atoms with van der Waals surface area (Å²) in [5, 5.41) is 3.16. The Hall–Kier alpha value is -0.830. The van der Waals surface area contributed by atoms with Crippen molar-refractivity contribution in [3.63, 3.8) is 0 Å². The first-order valence-electron chi connectivity index (χ1n) is 6.69. The predicted octanol–water partition coefficient (Wildman–Crippen LogP) is 2.05. The van der Waals surface area contributed by atoms with E-state index < -0.39 is 10.2 Å². The molecule has 0 amide bonds. The van der Waals surface area contributed by atoms with Crippen molar-refractivity contribution >= 4 is 31.8 Å². The molecule has 0 unspecified atom stereocenters. The molecule has 0 spiro atoms. The molecular formula is C13H22BrN3O3S. The van der Waals surface area contributed by atoms with Crippen LogP contribution in [0.2, 0.25) is 0 Å². The molecule has 0 aromatic heterocycles. The SMILES string of the molecule is CCNCCCN(C)S(=O)(=O)Nc1cc(OC)ccc1Br. The molecule has 0 saturated carbocycles. The Balaban J connectivity index is 2.71. The number of methoxy groups -OCH3 is 1. The minimum absolute atomic E-state index is 0.448. The Morgan fingerprint density at radius 3 is 2.71 bits per heavy atom. The molecule has 0 aliphatic carbocycles. The van der Waals surface area contributed by atoms with E-state index in [0.717, 1.165) is 19.5 Å². The Morgan fingerprint density at radius 1 is 1.38 bits per heavy atom. The molecule has 0 radical (unpaired) electrons. The highest BCUT2D eigenvalue weighted by atomic mass is 79.9. The maximum atomic E-state index is 12.2. The molecule has 6 nitrogen and oxygen atoms in total. The van der Waals surface area contributed by atoms with Gasteiger partial charge in [0.05, 0.1) is 12.8 Å². The van der Waals surface area contributed by atoms with E-state index in [-0.39, 0.29) is 0 Å². The van der Waals surface area contributed by atoms with Crippen LogP contribution < -0.4 is 14.8 Å². The standard InChI is InChI=1S/C13H22BrN3O3S/c1-4-15-8-5-9-17(2)21(18,19)16-13-10-11(20-3)6-7-12(13)14/h6-7,10,15-16H,4-5,8-9H2,1-3H3. The van der Waals surface area contributed by atoms with Crippen LogP contribution in [0.3, 0.4) is 0 Å². The number of ether oxygens (including phenoxy) is 1. The molecule has 8 heteroatoms. The van der Waals surface area contributed by atoms with Gasteiger partial charge in [0, 0.05) is 24.1 Å². The van der Waals surface area contributed by atoms with Crippen molar-refractivity contribution in [2.45, 2.75) is 13.3 Å². The summed E-state index contributed by atoms with van der Waals surface area (Å²) in [4.78, 5) is 0. The summed E-state index contributed by atoms with van der Waals surface area (Å²) >= 11 is 3.32. The normalized spacial score (nSPS) is 11.7. The molecule has 1 rings (SSSR count). The summed E-state index contributed by atoms with van der Waals surface area (Å²) in [6.45, 7) is 4.14. The van der Waals surface area contributed by atoms with Crippen LogP contribution in [-0.4, -0.2) is 46.5 Å². The summed E-state index contributed by atoms with van der Waals surface area (Å²) in [6, 6.07) is 5.12. The lowest BCUT2D eigenvalue weighted by atomic mass is 10.3. The van der Waals surface area contributed by atoms with Gasteiger partial charge >= 0.3 is 10.2 Å². The van der Waals surface area contributed by atoms with E-state index in [1.165, 1.54) is 11.4 Å². The van der Waals surface area contributed by atoms with Crippen molar-refractivity contribution < 1.29 is 13.2 Å². The second-order valence-corrected chi connectivity index (χ2v) is 7.11. The Kier molecular flexibility index (Phi) is 7.44. The molecular weight excluding hydrogens is 358 g/mol. The molecule has 0 aliphatic rings. The smallest absolute Gasteiger partial charge is 0.301 e. The van der Waals surface area contributed by atoms with Gasteiger partial charge in [0.1, 0.15) is 5.75 Å². The average molecular weight is 380 g/mol. The van der Waals surface area contributed by atoms with E-state index in [1.54, 1.807) is 25.2 Å². The fourth-order valence-corrected chi connectivity index (χ4v) is 3.10. The first-order chi connectivity index (χ1) is 9.90. The van der Waals surface area contributed by atoms with E-state index in [2.05, 4.69) is 26.0 Å². The molecule has 0 aliphatic heterocycles. The largest absolute Gasteiger partial charge is 0.497 e. The fourth-order valence-electron chi connectivity index (χ4n) is 1.65. The van der Waals surface area contributed by atoms with Gasteiger partial charge in [-0.3, -0.25) is 4.72 Å². The summed E-state index contributed by atoms with van der Waals surface area (Å²) in [5.41, 5.74) is 0.452. The number of halogens is 1. The predicted molar refractivity (Wildman–Crippen MR) is 89.0 cm³/mol. The van der Waals surface area contributed by atoms with E-state index in [1.807, 2.05) is 6.92 Å². The highest BCUT2D eigenvalue weighted by Gasteiger charge is 2.18. The minimum Gasteiger partial charge on any atom is -0.497 e. The molecule has 0 heterocycles. The maximum Gasteiger partial charge on any atom is 0.301 e. The average Bonchev–Trinajstić information content (AvgIpc) is 2.45. The number of nitrogens with one attached hydrogen (secondary N) is 2. The zero-order valence-corrected chi connectivity index (χ0v) is 14.9. The zero-order chi connectivity index (χ0) is 15.9. The molecule has 0 saturated heterocycles. The first-order valence-corrected chi connectivity index (χ1v) is 8.92. The van der Waals surface area contributed by atoms with Crippen LogP contribution in [0.25, 0.3) is 0 Å². The van der Waals surface area contributed by atoms with Crippen LogP contribution in [0, 0.1) is 0 Å². The number of rotatable bonds is 9. The molecule has 1 aromatic rings. The van der Waals surface area contributed by atoms with Crippen LogP contribution in [0.4, 0.5) is 5.69 Å². The quantitative estimate of drug-likeness (QED) is 0.644. The third kappa shape index (κ3) is 5.82. The molecule has 21 heavy (non-hydrogen) atoms. The molecule has 0 fully saturated rings. The van der Waals surface area contributed by atoms with Gasteiger partial charge in [0.2, 0.25) is 0 Å². The number of hydrogen-bond donors (Lipinski definition) is 2. The van der Waals surface area contributed by atoms with Crippen molar-refractivity contribution in [3.8, 4) is 5.75 Å². The Morgan fingerprint density at radius 2 is 2.10 bits per heavy atom. The second kappa shape index (κ2) is 8.57. The molecule has 1 aromatic carbocycles. The van der Waals surface area contributed by atoms with Gasteiger partial charge in [0.15, 0.2) is 0 Å². The van der Waals surface area contributed by atoms with E-state index in [0.29, 0.717) is 22.5 Å². The van der Waals surface area contributed by atoms with Crippen LogP contribution >= 0.6 is 15.9 Å². The first kappa shape index (κ1) is 18.2. The van der Waals surface area contributed by atoms with Gasteiger partial charge < -0.3 is 10.1 Å². The molecule has 0 atom stereocenters. The molecule has 120 valence electrons. The van der Waals surface area contributed by atoms with Gasteiger partial charge in [-0.05, 0) is 47.6 Å². The summed E-state index contributed by atoms with van der Waals surface area (Å²) in [5.74, 6) is 0.589. The summed E-state index contributed by atoms with van der Waals surface area (Å²) in [7, 11) is -0.484. The maximum absolute atomic E-state index is 12.2. The van der Waals surface area contributed by atoms with E-state index in [4.69, 9.17) is 4.74 Å². The van der Waals surface area contributed by atoms with Gasteiger partial charge in [-0.1, -0.05) is 6.92 Å². The van der Waals surface area contributed by atoms with Gasteiger partial charge in [0.25, 0.3) is 0 Å². The topological polar surface area (TPSA) is 70.7 Å². The lowest BCUT2D eigenvalue weighted by Gasteiger charge is -2.19. The van der Waals surface area contributed by atoms with Gasteiger partial charge in [-0.15, -0.1) is 0 Å². The van der Waals surface area contributed by atoms with Crippen LogP contribution in [-0.2, 0) is 10.2 Å². The second-order valence-electron chi connectivity index (χ2n) is 4.48. The summed E-state index contributed by atoms with van der Waals surface area (Å²) < 4.78 is 34.1. The van der Waals surface area contributed by atoms with Crippen LogP contribution in [0.15, 0.2) is 22.7 Å². The number of benzene rings is 1. The fraction of sp³-hybridized carbons (Fsp3) is 0.538. The van der Waals surface area contributed by atoms with Crippen molar-refractivity contribution in [2.24, 2.45) is 0 Å². The van der Waals surface area contributed by atoms with Crippen molar-refractivity contribution in [2.75, 3.05) is 38.5 Å². The summed E-state index contributed by atoms with van der Waals surface area (Å²) in [6.07, 6.45) is 0.754. The Labute approximate surface area is 135 Å². The van der Waals surface area contributed by atoms with Crippen molar-refractivity contribution in [3.05, 3.63) is 22.7 Å². The van der Waals surface area contributed by atoms with Crippen molar-refractivity contribution in [1.29, 1.82) is 0 Å². The Bertz CT molecular complexity index is 552. The number of anilines is 1.